The summed E-state index contributed by atoms with van der Waals surface area (Å²) in [5.74, 6) is -0.543. The summed E-state index contributed by atoms with van der Waals surface area (Å²) in [6.45, 7) is 6.64. The zero-order valence-corrected chi connectivity index (χ0v) is 19.0. The zero-order chi connectivity index (χ0) is 23.8. The van der Waals surface area contributed by atoms with Crippen LogP contribution in [-0.4, -0.2) is 51.7 Å². The Hall–Kier alpha value is -4.01. The standard InChI is InChI=1S/C25H24FN5O3/c1-16-3-8-20(17(2)13-16)29-9-11-30(12-10-29)21(32)14-31-15-27-24-22(25(31)33)23(28-34-24)18-4-6-19(26)7-5-18/h3-8,13,15H,9-12,14H2,1-2H3. The van der Waals surface area contributed by atoms with Crippen molar-refractivity contribution in [3.63, 3.8) is 0 Å². The molecule has 0 unspecified atom stereocenters. The van der Waals surface area contributed by atoms with Crippen LogP contribution in [0.3, 0.4) is 0 Å². The van der Waals surface area contributed by atoms with Crippen LogP contribution >= 0.6 is 0 Å². The molecule has 1 fully saturated rings. The van der Waals surface area contributed by atoms with E-state index in [1.807, 2.05) is 0 Å². The highest BCUT2D eigenvalue weighted by Crippen LogP contribution is 2.25. The molecule has 1 aliphatic rings. The summed E-state index contributed by atoms with van der Waals surface area (Å²) in [7, 11) is 0. The van der Waals surface area contributed by atoms with Crippen molar-refractivity contribution in [2.45, 2.75) is 20.4 Å². The van der Waals surface area contributed by atoms with Gasteiger partial charge in [0.1, 0.15) is 29.8 Å². The van der Waals surface area contributed by atoms with Crippen LogP contribution in [0.5, 0.6) is 0 Å². The normalized spacial score (nSPS) is 14.1. The first-order chi connectivity index (χ1) is 16.4. The molecule has 0 N–H and O–H groups in total. The molecule has 0 radical (unpaired) electrons. The molecule has 8 nitrogen and oxygen atoms in total. The number of hydrogen-bond donors (Lipinski definition) is 0. The maximum atomic E-state index is 13.3. The van der Waals surface area contributed by atoms with Gasteiger partial charge in [-0.05, 0) is 49.7 Å². The van der Waals surface area contributed by atoms with Crippen molar-refractivity contribution in [1.29, 1.82) is 0 Å². The number of halogens is 1. The van der Waals surface area contributed by atoms with Gasteiger partial charge in [-0.2, -0.15) is 0 Å². The molecule has 0 aliphatic carbocycles. The Morgan fingerprint density at radius 1 is 1.06 bits per heavy atom. The second-order valence-electron chi connectivity index (χ2n) is 8.55. The highest BCUT2D eigenvalue weighted by molar-refractivity contribution is 5.88. The van der Waals surface area contributed by atoms with E-state index in [0.717, 1.165) is 13.1 Å². The van der Waals surface area contributed by atoms with Crippen molar-refractivity contribution in [3.8, 4) is 11.3 Å². The first-order valence-corrected chi connectivity index (χ1v) is 11.1. The van der Waals surface area contributed by atoms with Crippen LogP contribution in [0.1, 0.15) is 11.1 Å². The van der Waals surface area contributed by atoms with E-state index in [1.165, 1.54) is 52.0 Å². The lowest BCUT2D eigenvalue weighted by Gasteiger charge is -2.37. The number of benzene rings is 2. The Morgan fingerprint density at radius 2 is 1.79 bits per heavy atom. The SMILES string of the molecule is Cc1ccc(N2CCN(C(=O)Cn3cnc4onc(-c5ccc(F)cc5)c4c3=O)CC2)c(C)c1. The number of carbonyl (C=O) groups is 1. The topological polar surface area (TPSA) is 84.5 Å². The van der Waals surface area contributed by atoms with E-state index in [-0.39, 0.29) is 29.2 Å². The van der Waals surface area contributed by atoms with E-state index in [1.54, 1.807) is 4.90 Å². The monoisotopic (exact) mass is 461 g/mol. The Labute approximate surface area is 195 Å². The van der Waals surface area contributed by atoms with Crippen LogP contribution < -0.4 is 10.5 Å². The largest absolute Gasteiger partial charge is 0.368 e. The fourth-order valence-corrected chi connectivity index (χ4v) is 4.40. The van der Waals surface area contributed by atoms with Crippen LogP contribution in [-0.2, 0) is 11.3 Å². The maximum absolute atomic E-state index is 13.3. The molecule has 0 saturated carbocycles. The minimum Gasteiger partial charge on any atom is -0.368 e. The van der Waals surface area contributed by atoms with Gasteiger partial charge in [-0.15, -0.1) is 0 Å². The van der Waals surface area contributed by atoms with Crippen molar-refractivity contribution >= 4 is 22.7 Å². The Balaban J connectivity index is 1.32. The molecule has 0 spiro atoms. The van der Waals surface area contributed by atoms with Gasteiger partial charge in [-0.3, -0.25) is 14.2 Å². The quantitative estimate of drug-likeness (QED) is 0.464. The predicted molar refractivity (Wildman–Crippen MR) is 126 cm³/mol. The highest BCUT2D eigenvalue weighted by atomic mass is 19.1. The van der Waals surface area contributed by atoms with Gasteiger partial charge in [0.2, 0.25) is 5.91 Å². The van der Waals surface area contributed by atoms with Crippen molar-refractivity contribution in [1.82, 2.24) is 19.6 Å². The number of fused-ring (bicyclic) bond motifs is 1. The van der Waals surface area contributed by atoms with Crippen molar-refractivity contribution < 1.29 is 13.7 Å². The summed E-state index contributed by atoms with van der Waals surface area (Å²) in [5, 5.41) is 4.11. The Bertz CT molecular complexity index is 1420. The predicted octanol–water partition coefficient (Wildman–Crippen LogP) is 3.16. The molecule has 4 aromatic rings. The fourth-order valence-electron chi connectivity index (χ4n) is 4.40. The number of carbonyl (C=O) groups excluding carboxylic acids is 1. The first-order valence-electron chi connectivity index (χ1n) is 11.1. The Kier molecular flexibility index (Phi) is 5.61. The van der Waals surface area contributed by atoms with Crippen LogP contribution in [0.15, 0.2) is 58.1 Å². The van der Waals surface area contributed by atoms with Crippen LogP contribution in [0, 0.1) is 19.7 Å². The van der Waals surface area contributed by atoms with E-state index in [2.05, 4.69) is 47.1 Å². The molecular formula is C25H24FN5O3. The number of rotatable bonds is 4. The summed E-state index contributed by atoms with van der Waals surface area (Å²) in [6.07, 6.45) is 1.30. The van der Waals surface area contributed by atoms with E-state index in [0.29, 0.717) is 18.7 Å². The average molecular weight is 461 g/mol. The number of hydrogen-bond acceptors (Lipinski definition) is 6. The van der Waals surface area contributed by atoms with Gasteiger partial charge in [-0.25, -0.2) is 9.37 Å². The number of aryl methyl sites for hydroxylation is 2. The molecule has 2 aromatic heterocycles. The van der Waals surface area contributed by atoms with Gasteiger partial charge < -0.3 is 14.3 Å². The second kappa shape index (κ2) is 8.74. The molecule has 9 heteroatoms. The smallest absolute Gasteiger partial charge is 0.267 e. The lowest BCUT2D eigenvalue weighted by Crippen LogP contribution is -2.50. The van der Waals surface area contributed by atoms with E-state index >= 15 is 0 Å². The van der Waals surface area contributed by atoms with E-state index < -0.39 is 11.4 Å². The van der Waals surface area contributed by atoms with E-state index in [9.17, 15) is 14.0 Å². The second-order valence-corrected chi connectivity index (χ2v) is 8.55. The molecule has 1 saturated heterocycles. The molecule has 1 aliphatic heterocycles. The lowest BCUT2D eigenvalue weighted by molar-refractivity contribution is -0.132. The maximum Gasteiger partial charge on any atom is 0.267 e. The van der Waals surface area contributed by atoms with Crippen molar-refractivity contribution in [3.05, 3.63) is 76.1 Å². The van der Waals surface area contributed by atoms with Gasteiger partial charge in [0.15, 0.2) is 0 Å². The third kappa shape index (κ3) is 4.05. The van der Waals surface area contributed by atoms with Crippen LogP contribution in [0.2, 0.25) is 0 Å². The van der Waals surface area contributed by atoms with E-state index in [4.69, 9.17) is 4.52 Å². The molecular weight excluding hydrogens is 437 g/mol. The van der Waals surface area contributed by atoms with Crippen LogP contribution in [0.25, 0.3) is 22.4 Å². The number of aromatic nitrogens is 3. The summed E-state index contributed by atoms with van der Waals surface area (Å²) >= 11 is 0. The third-order valence-corrected chi connectivity index (χ3v) is 6.21. The summed E-state index contributed by atoms with van der Waals surface area (Å²) in [4.78, 5) is 34.3. The number of amides is 1. The molecule has 2 aromatic carbocycles. The number of piperazine rings is 1. The van der Waals surface area contributed by atoms with Crippen LogP contribution in [0.4, 0.5) is 10.1 Å². The minimum absolute atomic E-state index is 0.0788. The molecule has 0 atom stereocenters. The average Bonchev–Trinajstić information content (AvgIpc) is 3.26. The summed E-state index contributed by atoms with van der Waals surface area (Å²) in [6, 6.07) is 12.0. The van der Waals surface area contributed by atoms with Gasteiger partial charge in [0.05, 0.1) is 0 Å². The molecule has 0 bridgehead atoms. The van der Waals surface area contributed by atoms with Gasteiger partial charge in [0, 0.05) is 37.4 Å². The number of nitrogens with zero attached hydrogens (tertiary/aromatic N) is 5. The van der Waals surface area contributed by atoms with Crippen molar-refractivity contribution in [2.75, 3.05) is 31.1 Å². The third-order valence-electron chi connectivity index (χ3n) is 6.21. The first kappa shape index (κ1) is 21.8. The highest BCUT2D eigenvalue weighted by Gasteiger charge is 2.24. The molecule has 5 rings (SSSR count). The lowest BCUT2D eigenvalue weighted by atomic mass is 10.1. The van der Waals surface area contributed by atoms with Crippen molar-refractivity contribution in [2.24, 2.45) is 0 Å². The molecule has 174 valence electrons. The van der Waals surface area contributed by atoms with Gasteiger partial charge in [-0.1, -0.05) is 22.9 Å². The van der Waals surface area contributed by atoms with Gasteiger partial charge in [0.25, 0.3) is 11.3 Å². The molecule has 34 heavy (non-hydrogen) atoms. The summed E-state index contributed by atoms with van der Waals surface area (Å²) < 4.78 is 19.8. The molecule has 3 heterocycles. The fraction of sp³-hybridized carbons (Fsp3) is 0.280. The number of anilines is 1. The van der Waals surface area contributed by atoms with Gasteiger partial charge >= 0.3 is 0 Å². The molecule has 1 amide bonds. The summed E-state index contributed by atoms with van der Waals surface area (Å²) in [5.41, 5.74) is 4.09. The zero-order valence-electron chi connectivity index (χ0n) is 19.0. The minimum atomic E-state index is -0.423. The Morgan fingerprint density at radius 3 is 2.50 bits per heavy atom.